The summed E-state index contributed by atoms with van der Waals surface area (Å²) in [5.41, 5.74) is 0.724. The molecule has 7 heteroatoms. The molecule has 0 saturated carbocycles. The van der Waals surface area contributed by atoms with Crippen LogP contribution in [0, 0.1) is 0 Å². The van der Waals surface area contributed by atoms with Crippen LogP contribution in [0.1, 0.15) is 6.42 Å². The predicted octanol–water partition coefficient (Wildman–Crippen LogP) is 1.78. The van der Waals surface area contributed by atoms with Gasteiger partial charge in [-0.1, -0.05) is 18.2 Å². The Kier molecular flexibility index (Phi) is 4.55. The fourth-order valence-electron chi connectivity index (χ4n) is 2.66. The van der Waals surface area contributed by atoms with Crippen LogP contribution >= 0.6 is 0 Å². The topological polar surface area (TPSA) is 75.7 Å². The smallest absolute Gasteiger partial charge is 0.245 e. The Balaban J connectivity index is 1.74. The number of nitrogens with one attached hydrogen (secondary N) is 1. The summed E-state index contributed by atoms with van der Waals surface area (Å²) >= 11 is 0. The number of rotatable bonds is 5. The maximum atomic E-state index is 12.5. The standard InChI is InChI=1S/C17H18N2O4S/c1-23-14-9-7-13(8-10-14)19-12-11-16(17(19)20)18-24(21,22)15-5-3-2-4-6-15/h2-10,16,18H,11-12H2,1H3. The lowest BCUT2D eigenvalue weighted by Crippen LogP contribution is -2.41. The van der Waals surface area contributed by atoms with E-state index in [0.29, 0.717) is 18.7 Å². The molecular formula is C17H18N2O4S. The average Bonchev–Trinajstić information content (AvgIpc) is 2.96. The first-order chi connectivity index (χ1) is 11.5. The number of carbonyl (C=O) groups is 1. The molecule has 1 fully saturated rings. The molecule has 2 aromatic rings. The van der Waals surface area contributed by atoms with Gasteiger partial charge in [-0.05, 0) is 42.8 Å². The molecule has 1 saturated heterocycles. The normalized spacial score (nSPS) is 18.0. The number of carbonyl (C=O) groups excluding carboxylic acids is 1. The summed E-state index contributed by atoms with van der Waals surface area (Å²) < 4.78 is 32.3. The van der Waals surface area contributed by atoms with Crippen LogP contribution < -0.4 is 14.4 Å². The van der Waals surface area contributed by atoms with E-state index in [2.05, 4.69) is 4.72 Å². The predicted molar refractivity (Wildman–Crippen MR) is 90.5 cm³/mol. The van der Waals surface area contributed by atoms with Crippen molar-refractivity contribution in [2.45, 2.75) is 17.4 Å². The lowest BCUT2D eigenvalue weighted by Gasteiger charge is -2.17. The second-order valence-electron chi connectivity index (χ2n) is 5.46. The van der Waals surface area contributed by atoms with E-state index in [4.69, 9.17) is 4.74 Å². The molecule has 0 radical (unpaired) electrons. The van der Waals surface area contributed by atoms with E-state index < -0.39 is 16.1 Å². The number of sulfonamides is 1. The van der Waals surface area contributed by atoms with Gasteiger partial charge in [0.1, 0.15) is 11.8 Å². The molecule has 6 nitrogen and oxygen atoms in total. The van der Waals surface area contributed by atoms with Crippen molar-refractivity contribution in [1.82, 2.24) is 4.72 Å². The third-order valence-corrected chi connectivity index (χ3v) is 5.43. The van der Waals surface area contributed by atoms with Gasteiger partial charge < -0.3 is 9.64 Å². The molecule has 1 heterocycles. The maximum absolute atomic E-state index is 12.5. The third-order valence-electron chi connectivity index (χ3n) is 3.94. The summed E-state index contributed by atoms with van der Waals surface area (Å²) in [6, 6.07) is 14.4. The van der Waals surface area contributed by atoms with Crippen LogP contribution in [-0.2, 0) is 14.8 Å². The molecule has 2 aromatic carbocycles. The van der Waals surface area contributed by atoms with Crippen molar-refractivity contribution in [3.8, 4) is 5.75 Å². The lowest BCUT2D eigenvalue weighted by molar-refractivity contribution is -0.118. The molecule has 1 N–H and O–H groups in total. The fraction of sp³-hybridized carbons (Fsp3) is 0.235. The van der Waals surface area contributed by atoms with E-state index in [1.165, 1.54) is 12.1 Å². The van der Waals surface area contributed by atoms with Gasteiger partial charge in [-0.3, -0.25) is 4.79 Å². The van der Waals surface area contributed by atoms with Crippen LogP contribution in [-0.4, -0.2) is 34.0 Å². The van der Waals surface area contributed by atoms with E-state index in [1.807, 2.05) is 0 Å². The summed E-state index contributed by atoms with van der Waals surface area (Å²) in [5.74, 6) is 0.450. The Morgan fingerprint density at radius 2 is 1.75 bits per heavy atom. The molecule has 1 unspecified atom stereocenters. The van der Waals surface area contributed by atoms with Crippen molar-refractivity contribution in [1.29, 1.82) is 0 Å². The summed E-state index contributed by atoms with van der Waals surface area (Å²) in [4.78, 5) is 14.3. The second-order valence-corrected chi connectivity index (χ2v) is 7.18. The fourth-order valence-corrected chi connectivity index (χ4v) is 3.91. The summed E-state index contributed by atoms with van der Waals surface area (Å²) in [6.07, 6.45) is 0.428. The number of ether oxygens (including phenoxy) is 1. The molecule has 1 atom stereocenters. The second kappa shape index (κ2) is 6.62. The van der Waals surface area contributed by atoms with E-state index in [-0.39, 0.29) is 10.8 Å². The lowest BCUT2D eigenvalue weighted by atomic mass is 10.2. The van der Waals surface area contributed by atoms with Gasteiger partial charge in [-0.2, -0.15) is 4.72 Å². The van der Waals surface area contributed by atoms with Gasteiger partial charge in [0, 0.05) is 12.2 Å². The quantitative estimate of drug-likeness (QED) is 0.895. The van der Waals surface area contributed by atoms with Crippen molar-refractivity contribution < 1.29 is 17.9 Å². The zero-order valence-corrected chi connectivity index (χ0v) is 14.0. The average molecular weight is 346 g/mol. The largest absolute Gasteiger partial charge is 0.497 e. The molecule has 0 aromatic heterocycles. The number of anilines is 1. The molecule has 1 amide bonds. The molecular weight excluding hydrogens is 328 g/mol. The minimum absolute atomic E-state index is 0.153. The zero-order chi connectivity index (χ0) is 17.2. The van der Waals surface area contributed by atoms with E-state index >= 15 is 0 Å². The maximum Gasteiger partial charge on any atom is 0.245 e. The van der Waals surface area contributed by atoms with Crippen molar-refractivity contribution in [2.75, 3.05) is 18.6 Å². The van der Waals surface area contributed by atoms with Gasteiger partial charge in [0.2, 0.25) is 15.9 Å². The van der Waals surface area contributed by atoms with Gasteiger partial charge in [-0.15, -0.1) is 0 Å². The van der Waals surface area contributed by atoms with Crippen LogP contribution in [0.2, 0.25) is 0 Å². The Morgan fingerprint density at radius 3 is 2.38 bits per heavy atom. The van der Waals surface area contributed by atoms with Crippen LogP contribution in [0.4, 0.5) is 5.69 Å². The Morgan fingerprint density at radius 1 is 1.08 bits per heavy atom. The zero-order valence-electron chi connectivity index (χ0n) is 13.2. The third kappa shape index (κ3) is 3.27. The summed E-state index contributed by atoms with van der Waals surface area (Å²) in [6.45, 7) is 0.465. The molecule has 0 bridgehead atoms. The van der Waals surface area contributed by atoms with Crippen LogP contribution in [0.15, 0.2) is 59.5 Å². The first-order valence-electron chi connectivity index (χ1n) is 7.54. The first kappa shape index (κ1) is 16.5. The van der Waals surface area contributed by atoms with E-state index in [1.54, 1.807) is 54.5 Å². The van der Waals surface area contributed by atoms with Crippen LogP contribution in [0.5, 0.6) is 5.75 Å². The molecule has 1 aliphatic rings. The Bertz CT molecular complexity index is 819. The van der Waals surface area contributed by atoms with Gasteiger partial charge in [0.25, 0.3) is 0 Å². The highest BCUT2D eigenvalue weighted by molar-refractivity contribution is 7.89. The highest BCUT2D eigenvalue weighted by atomic mass is 32.2. The number of benzene rings is 2. The van der Waals surface area contributed by atoms with E-state index in [0.717, 1.165) is 5.69 Å². The van der Waals surface area contributed by atoms with Crippen molar-refractivity contribution in [3.05, 3.63) is 54.6 Å². The molecule has 126 valence electrons. The van der Waals surface area contributed by atoms with E-state index in [9.17, 15) is 13.2 Å². The number of hydrogen-bond acceptors (Lipinski definition) is 4. The minimum atomic E-state index is -3.71. The van der Waals surface area contributed by atoms with Gasteiger partial charge in [0.05, 0.1) is 12.0 Å². The van der Waals surface area contributed by atoms with Gasteiger partial charge in [0.15, 0.2) is 0 Å². The van der Waals surface area contributed by atoms with Crippen molar-refractivity contribution in [2.24, 2.45) is 0 Å². The minimum Gasteiger partial charge on any atom is -0.497 e. The number of amides is 1. The Hall–Kier alpha value is -2.38. The SMILES string of the molecule is COc1ccc(N2CCC(NS(=O)(=O)c3ccccc3)C2=O)cc1. The summed E-state index contributed by atoms with van der Waals surface area (Å²) in [5, 5.41) is 0. The van der Waals surface area contributed by atoms with Crippen LogP contribution in [0.3, 0.4) is 0 Å². The molecule has 0 spiro atoms. The molecule has 3 rings (SSSR count). The van der Waals surface area contributed by atoms with Crippen LogP contribution in [0.25, 0.3) is 0 Å². The summed E-state index contributed by atoms with van der Waals surface area (Å²) in [7, 11) is -2.14. The first-order valence-corrected chi connectivity index (χ1v) is 9.02. The Labute approximate surface area is 141 Å². The highest BCUT2D eigenvalue weighted by Crippen LogP contribution is 2.24. The highest BCUT2D eigenvalue weighted by Gasteiger charge is 2.35. The molecule has 0 aliphatic carbocycles. The van der Waals surface area contributed by atoms with Gasteiger partial charge in [-0.25, -0.2) is 8.42 Å². The number of hydrogen-bond donors (Lipinski definition) is 1. The van der Waals surface area contributed by atoms with Gasteiger partial charge >= 0.3 is 0 Å². The molecule has 1 aliphatic heterocycles. The van der Waals surface area contributed by atoms with Crippen molar-refractivity contribution >= 4 is 21.6 Å². The number of nitrogens with zero attached hydrogens (tertiary/aromatic N) is 1. The monoisotopic (exact) mass is 346 g/mol. The molecule has 24 heavy (non-hydrogen) atoms. The van der Waals surface area contributed by atoms with Crippen molar-refractivity contribution in [3.63, 3.8) is 0 Å². The number of methoxy groups -OCH3 is 1.